The van der Waals surface area contributed by atoms with Crippen molar-refractivity contribution in [2.75, 3.05) is 37.7 Å². The summed E-state index contributed by atoms with van der Waals surface area (Å²) in [6, 6.07) is 7.40. The van der Waals surface area contributed by atoms with Crippen molar-refractivity contribution in [3.05, 3.63) is 58.1 Å². The molecule has 0 fully saturated rings. The Morgan fingerprint density at radius 1 is 0.727 bits per heavy atom. The molecule has 0 atom stereocenters. The molecule has 0 aliphatic rings. The molecule has 0 bridgehead atoms. The normalized spacial score (nSPS) is 10.5. The lowest BCUT2D eigenvalue weighted by atomic mass is 10.4. The average Bonchev–Trinajstić information content (AvgIpc) is 2.80. The second kappa shape index (κ2) is 17.4. The fourth-order valence-electron chi connectivity index (χ4n) is 2.48. The smallest absolute Gasteiger partial charge is 0.166 e. The van der Waals surface area contributed by atoms with Crippen molar-refractivity contribution >= 4 is 81.4 Å². The van der Waals surface area contributed by atoms with Gasteiger partial charge in [0.1, 0.15) is 0 Å². The minimum Gasteiger partial charge on any atom is -0.363 e. The topological polar surface area (TPSA) is 73.9 Å². The SMILES string of the molecule is S=C(NCCCNC(=S)NCCSCc1ncccc1Cl)NCCSCc1ncccc1Cl. The van der Waals surface area contributed by atoms with Gasteiger partial charge in [0.25, 0.3) is 0 Å². The Bertz CT molecular complexity index is 805. The Hall–Kier alpha value is -1.04. The number of nitrogens with one attached hydrogen (secondary N) is 4. The van der Waals surface area contributed by atoms with Gasteiger partial charge in [0.05, 0.1) is 21.4 Å². The third kappa shape index (κ3) is 12.8. The van der Waals surface area contributed by atoms with Gasteiger partial charge in [-0.1, -0.05) is 23.2 Å². The number of nitrogens with zero attached hydrogens (tertiary/aromatic N) is 2. The monoisotopic (exact) mass is 562 g/mol. The van der Waals surface area contributed by atoms with Gasteiger partial charge in [-0.15, -0.1) is 0 Å². The van der Waals surface area contributed by atoms with E-state index in [1.807, 2.05) is 24.3 Å². The number of pyridine rings is 2. The van der Waals surface area contributed by atoms with Crippen molar-refractivity contribution in [3.63, 3.8) is 0 Å². The van der Waals surface area contributed by atoms with E-state index in [4.69, 9.17) is 47.6 Å². The van der Waals surface area contributed by atoms with Gasteiger partial charge in [-0.25, -0.2) is 0 Å². The lowest BCUT2D eigenvalue weighted by molar-refractivity contribution is 0.726. The Kier molecular flexibility index (Phi) is 14.9. The first-order valence-corrected chi connectivity index (χ1v) is 14.3. The largest absolute Gasteiger partial charge is 0.363 e. The van der Waals surface area contributed by atoms with Crippen LogP contribution in [-0.2, 0) is 11.5 Å². The van der Waals surface area contributed by atoms with Crippen molar-refractivity contribution in [2.45, 2.75) is 17.9 Å². The number of thioether (sulfide) groups is 2. The van der Waals surface area contributed by atoms with E-state index in [1.165, 1.54) is 0 Å². The van der Waals surface area contributed by atoms with Crippen LogP contribution in [0.2, 0.25) is 10.0 Å². The molecule has 0 aromatic carbocycles. The molecule has 0 aliphatic heterocycles. The fraction of sp³-hybridized carbons (Fsp3) is 0.429. The molecule has 33 heavy (non-hydrogen) atoms. The van der Waals surface area contributed by atoms with Crippen LogP contribution in [0.3, 0.4) is 0 Å². The molecule has 0 saturated heterocycles. The molecule has 180 valence electrons. The van der Waals surface area contributed by atoms with Crippen LogP contribution in [0, 0.1) is 0 Å². The zero-order valence-corrected chi connectivity index (χ0v) is 22.9. The number of thiocarbonyl (C=S) groups is 2. The maximum absolute atomic E-state index is 6.11. The first-order valence-electron chi connectivity index (χ1n) is 10.4. The van der Waals surface area contributed by atoms with Crippen molar-refractivity contribution in [3.8, 4) is 0 Å². The lowest BCUT2D eigenvalue weighted by Crippen LogP contribution is -2.40. The molecule has 2 rings (SSSR count). The quantitative estimate of drug-likeness (QED) is 0.198. The highest BCUT2D eigenvalue weighted by Gasteiger charge is 2.02. The zero-order chi connectivity index (χ0) is 23.7. The van der Waals surface area contributed by atoms with Gasteiger partial charge >= 0.3 is 0 Å². The van der Waals surface area contributed by atoms with Crippen molar-refractivity contribution < 1.29 is 0 Å². The van der Waals surface area contributed by atoms with E-state index in [0.717, 1.165) is 67.0 Å². The molecular formula is C21H28Cl2N6S4. The highest BCUT2D eigenvalue weighted by atomic mass is 35.5. The van der Waals surface area contributed by atoms with E-state index in [9.17, 15) is 0 Å². The maximum Gasteiger partial charge on any atom is 0.166 e. The first-order chi connectivity index (χ1) is 16.1. The van der Waals surface area contributed by atoms with Crippen LogP contribution in [0.5, 0.6) is 0 Å². The molecule has 6 nitrogen and oxygen atoms in total. The fourth-order valence-corrected chi connectivity index (χ4v) is 5.05. The first kappa shape index (κ1) is 28.2. The molecule has 0 radical (unpaired) electrons. The summed E-state index contributed by atoms with van der Waals surface area (Å²) in [6.45, 7) is 3.13. The van der Waals surface area contributed by atoms with Gasteiger partial charge in [-0.05, 0) is 55.1 Å². The van der Waals surface area contributed by atoms with Crippen molar-refractivity contribution in [1.82, 2.24) is 31.2 Å². The number of halogens is 2. The molecule has 12 heteroatoms. The van der Waals surface area contributed by atoms with Crippen molar-refractivity contribution in [1.29, 1.82) is 0 Å². The molecule has 2 heterocycles. The molecule has 0 spiro atoms. The van der Waals surface area contributed by atoms with Crippen LogP contribution in [0.15, 0.2) is 36.7 Å². The van der Waals surface area contributed by atoms with Crippen LogP contribution in [0.4, 0.5) is 0 Å². The molecule has 0 unspecified atom stereocenters. The minimum absolute atomic E-state index is 0.664. The molecule has 2 aromatic heterocycles. The summed E-state index contributed by atoms with van der Waals surface area (Å²) >= 11 is 26.4. The summed E-state index contributed by atoms with van der Waals surface area (Å²) in [5, 5.41) is 15.6. The Morgan fingerprint density at radius 2 is 1.15 bits per heavy atom. The predicted molar refractivity (Wildman–Crippen MR) is 153 cm³/mol. The summed E-state index contributed by atoms with van der Waals surface area (Å²) in [4.78, 5) is 8.56. The maximum atomic E-state index is 6.11. The summed E-state index contributed by atoms with van der Waals surface area (Å²) < 4.78 is 0. The van der Waals surface area contributed by atoms with Crippen LogP contribution >= 0.6 is 71.2 Å². The molecule has 0 aliphatic carbocycles. The van der Waals surface area contributed by atoms with E-state index in [2.05, 4.69) is 31.2 Å². The van der Waals surface area contributed by atoms with E-state index >= 15 is 0 Å². The van der Waals surface area contributed by atoms with E-state index in [1.54, 1.807) is 35.9 Å². The summed E-state index contributed by atoms with van der Waals surface area (Å²) in [6.07, 6.45) is 4.43. The van der Waals surface area contributed by atoms with Crippen molar-refractivity contribution in [2.24, 2.45) is 0 Å². The number of hydrogen-bond acceptors (Lipinski definition) is 6. The molecule has 0 amide bonds. The van der Waals surface area contributed by atoms with Crippen LogP contribution in [-0.4, -0.2) is 57.9 Å². The lowest BCUT2D eigenvalue weighted by Gasteiger charge is -2.12. The summed E-state index contributed by atoms with van der Waals surface area (Å²) in [5.41, 5.74) is 1.83. The third-order valence-electron chi connectivity index (χ3n) is 4.14. The van der Waals surface area contributed by atoms with Crippen LogP contribution in [0.1, 0.15) is 17.8 Å². The van der Waals surface area contributed by atoms with Gasteiger partial charge < -0.3 is 21.3 Å². The second-order valence-electron chi connectivity index (χ2n) is 6.69. The number of rotatable bonds is 14. The van der Waals surface area contributed by atoms with Gasteiger partial charge in [-0.2, -0.15) is 23.5 Å². The van der Waals surface area contributed by atoms with E-state index < -0.39 is 0 Å². The highest BCUT2D eigenvalue weighted by Crippen LogP contribution is 2.18. The Balaban J connectivity index is 1.38. The predicted octanol–water partition coefficient (Wildman–Crippen LogP) is 4.27. The van der Waals surface area contributed by atoms with Crippen LogP contribution < -0.4 is 21.3 Å². The standard InChI is InChI=1S/C21H28Cl2N6S4/c22-16-4-1-6-24-18(16)14-32-12-10-28-20(30)26-8-3-9-27-21(31)29-11-13-33-15-19-17(23)5-2-7-25-19/h1-2,4-7H,3,8-15H2,(H2,26,28,30)(H2,27,29,31). The number of aromatic nitrogens is 2. The molecule has 0 saturated carbocycles. The van der Waals surface area contributed by atoms with E-state index in [0.29, 0.717) is 20.3 Å². The number of hydrogen-bond donors (Lipinski definition) is 4. The summed E-state index contributed by atoms with van der Waals surface area (Å²) in [5.74, 6) is 3.42. The molecule has 2 aromatic rings. The van der Waals surface area contributed by atoms with E-state index in [-0.39, 0.29) is 0 Å². The third-order valence-corrected chi connectivity index (χ3v) is 7.34. The highest BCUT2D eigenvalue weighted by molar-refractivity contribution is 7.98. The van der Waals surface area contributed by atoms with Gasteiger partial charge in [0, 0.05) is 61.6 Å². The molecular weight excluding hydrogens is 535 g/mol. The molecule has 4 N–H and O–H groups in total. The van der Waals surface area contributed by atoms with Crippen LogP contribution in [0.25, 0.3) is 0 Å². The average molecular weight is 564 g/mol. The summed E-state index contributed by atoms with van der Waals surface area (Å²) in [7, 11) is 0. The minimum atomic E-state index is 0.664. The Labute approximate surface area is 225 Å². The van der Waals surface area contributed by atoms with Gasteiger partial charge in [0.2, 0.25) is 0 Å². The van der Waals surface area contributed by atoms with Gasteiger partial charge in [0.15, 0.2) is 10.2 Å². The Morgan fingerprint density at radius 3 is 1.58 bits per heavy atom. The second-order valence-corrected chi connectivity index (χ2v) is 10.5. The van der Waals surface area contributed by atoms with Gasteiger partial charge in [-0.3, -0.25) is 9.97 Å². The zero-order valence-electron chi connectivity index (χ0n) is 18.1.